The van der Waals surface area contributed by atoms with E-state index in [-0.39, 0.29) is 18.0 Å². The highest BCUT2D eigenvalue weighted by Crippen LogP contribution is 2.41. The first-order valence-corrected chi connectivity index (χ1v) is 6.11. The summed E-state index contributed by atoms with van der Waals surface area (Å²) < 4.78 is 48.7. The summed E-state index contributed by atoms with van der Waals surface area (Å²) in [5, 5.41) is 0. The first kappa shape index (κ1) is 16.4. The second kappa shape index (κ2) is 6.65. The third kappa shape index (κ3) is 3.45. The van der Waals surface area contributed by atoms with Crippen LogP contribution in [-0.4, -0.2) is 20.8 Å². The molecular weight excluding hydrogens is 271 g/mol. The smallest absolute Gasteiger partial charge is 0.420 e. The second-order valence-electron chi connectivity index (χ2n) is 4.09. The van der Waals surface area contributed by atoms with Crippen LogP contribution >= 0.6 is 0 Å². The van der Waals surface area contributed by atoms with Crippen molar-refractivity contribution in [2.75, 3.05) is 20.8 Å². The number of methoxy groups -OCH3 is 2. The molecule has 0 heterocycles. The zero-order chi connectivity index (χ0) is 15.3. The van der Waals surface area contributed by atoms with Crippen LogP contribution in [0.3, 0.4) is 0 Å². The quantitative estimate of drug-likeness (QED) is 0.902. The number of halogens is 3. The van der Waals surface area contributed by atoms with Crippen LogP contribution in [0.15, 0.2) is 18.2 Å². The highest BCUT2D eigenvalue weighted by molar-refractivity contribution is 5.73. The number of hydrogen-bond acceptors (Lipinski definition) is 3. The zero-order valence-electron chi connectivity index (χ0n) is 11.7. The van der Waals surface area contributed by atoms with Gasteiger partial charge in [0.2, 0.25) is 0 Å². The summed E-state index contributed by atoms with van der Waals surface area (Å²) >= 11 is 0. The molecule has 1 aromatic rings. The topological polar surface area (TPSA) is 44.5 Å². The van der Waals surface area contributed by atoms with Gasteiger partial charge in [0.25, 0.3) is 0 Å². The molecule has 0 unspecified atom stereocenters. The van der Waals surface area contributed by atoms with Crippen molar-refractivity contribution in [3.8, 4) is 11.5 Å². The van der Waals surface area contributed by atoms with Gasteiger partial charge in [0.05, 0.1) is 14.2 Å². The molecule has 0 aliphatic carbocycles. The van der Waals surface area contributed by atoms with Gasteiger partial charge in [-0.3, -0.25) is 0 Å². The van der Waals surface area contributed by atoms with Gasteiger partial charge in [0.1, 0.15) is 17.1 Å². The molecule has 6 heteroatoms. The lowest BCUT2D eigenvalue weighted by Gasteiger charge is -2.17. The number of alkyl halides is 3. The first-order valence-electron chi connectivity index (χ1n) is 6.11. The van der Waals surface area contributed by atoms with E-state index in [1.54, 1.807) is 0 Å². The maximum Gasteiger partial charge on any atom is 0.420 e. The molecule has 0 bridgehead atoms. The van der Waals surface area contributed by atoms with Crippen molar-refractivity contribution in [3.05, 3.63) is 29.3 Å². The molecule has 0 amide bonds. The SMILES string of the molecule is CC/C=C(\CN)c1cc(OC)c(C(F)(F)F)cc1OC. The van der Waals surface area contributed by atoms with Gasteiger partial charge in [-0.25, -0.2) is 0 Å². The molecule has 0 aliphatic rings. The van der Waals surface area contributed by atoms with E-state index in [1.165, 1.54) is 20.3 Å². The summed E-state index contributed by atoms with van der Waals surface area (Å²) in [6.45, 7) is 2.13. The third-order valence-electron chi connectivity index (χ3n) is 2.84. The van der Waals surface area contributed by atoms with Crippen LogP contribution < -0.4 is 15.2 Å². The normalized spacial score (nSPS) is 12.4. The number of hydrogen-bond donors (Lipinski definition) is 1. The average Bonchev–Trinajstić information content (AvgIpc) is 2.42. The first-order chi connectivity index (χ1) is 9.38. The minimum absolute atomic E-state index is 0.128. The Morgan fingerprint density at radius 2 is 1.80 bits per heavy atom. The van der Waals surface area contributed by atoms with Crippen LogP contribution in [0.25, 0.3) is 5.57 Å². The van der Waals surface area contributed by atoms with E-state index >= 15 is 0 Å². The number of ether oxygens (including phenoxy) is 2. The summed E-state index contributed by atoms with van der Waals surface area (Å²) in [7, 11) is 2.53. The van der Waals surface area contributed by atoms with Crippen molar-refractivity contribution in [2.45, 2.75) is 19.5 Å². The Bertz CT molecular complexity index is 496. The van der Waals surface area contributed by atoms with Crippen molar-refractivity contribution in [3.63, 3.8) is 0 Å². The highest BCUT2D eigenvalue weighted by Gasteiger charge is 2.35. The van der Waals surface area contributed by atoms with Crippen LogP contribution in [0, 0.1) is 0 Å². The van der Waals surface area contributed by atoms with Crippen LogP contribution in [0.2, 0.25) is 0 Å². The van der Waals surface area contributed by atoms with Gasteiger partial charge in [0, 0.05) is 12.1 Å². The Morgan fingerprint density at radius 1 is 1.20 bits per heavy atom. The highest BCUT2D eigenvalue weighted by atomic mass is 19.4. The Kier molecular flexibility index (Phi) is 5.44. The van der Waals surface area contributed by atoms with Gasteiger partial charge in [0.15, 0.2) is 0 Å². The van der Waals surface area contributed by atoms with E-state index < -0.39 is 11.7 Å². The van der Waals surface area contributed by atoms with Crippen molar-refractivity contribution in [2.24, 2.45) is 5.73 Å². The lowest BCUT2D eigenvalue weighted by molar-refractivity contribution is -0.138. The van der Waals surface area contributed by atoms with Crippen LogP contribution in [-0.2, 0) is 6.18 Å². The van der Waals surface area contributed by atoms with E-state index in [0.717, 1.165) is 18.1 Å². The summed E-state index contributed by atoms with van der Waals surface area (Å²) in [6, 6.07) is 2.25. The minimum Gasteiger partial charge on any atom is -0.496 e. The number of rotatable bonds is 5. The van der Waals surface area contributed by atoms with E-state index in [1.807, 2.05) is 13.0 Å². The molecule has 112 valence electrons. The maximum atomic E-state index is 12.9. The van der Waals surface area contributed by atoms with Gasteiger partial charge < -0.3 is 15.2 Å². The molecule has 0 radical (unpaired) electrons. The minimum atomic E-state index is -4.51. The summed E-state index contributed by atoms with van der Waals surface area (Å²) in [4.78, 5) is 0. The predicted octanol–water partition coefficient (Wildman–Crippen LogP) is 3.47. The standard InChI is InChI=1S/C14H18F3NO2/c1-4-5-9(8-18)10-6-13(20-3)11(14(15,16)17)7-12(10)19-2/h5-7H,4,8,18H2,1-3H3/b9-5+. The molecule has 0 saturated carbocycles. The Balaban J connectivity index is 3.51. The van der Waals surface area contributed by atoms with Crippen LogP contribution in [0.1, 0.15) is 24.5 Å². The molecule has 3 nitrogen and oxygen atoms in total. The summed E-state index contributed by atoms with van der Waals surface area (Å²) in [5.74, 6) is -0.118. The van der Waals surface area contributed by atoms with Gasteiger partial charge >= 0.3 is 6.18 Å². The third-order valence-corrected chi connectivity index (χ3v) is 2.84. The fourth-order valence-corrected chi connectivity index (χ4v) is 1.92. The molecule has 20 heavy (non-hydrogen) atoms. The van der Waals surface area contributed by atoms with Gasteiger partial charge in [-0.05, 0) is 24.1 Å². The number of allylic oxidation sites excluding steroid dienone is 1. The number of benzene rings is 1. The van der Waals surface area contributed by atoms with Crippen molar-refractivity contribution >= 4 is 5.57 Å². The second-order valence-corrected chi connectivity index (χ2v) is 4.09. The van der Waals surface area contributed by atoms with Crippen LogP contribution in [0.5, 0.6) is 11.5 Å². The molecule has 1 rings (SSSR count). The Hall–Kier alpha value is -1.69. The summed E-state index contributed by atoms with van der Waals surface area (Å²) in [6.07, 6.45) is -1.93. The van der Waals surface area contributed by atoms with Gasteiger partial charge in [-0.1, -0.05) is 13.0 Å². The molecule has 0 aliphatic heterocycles. The molecule has 0 atom stereocenters. The molecule has 1 aromatic carbocycles. The van der Waals surface area contributed by atoms with E-state index in [9.17, 15) is 13.2 Å². The molecule has 2 N–H and O–H groups in total. The molecule has 0 spiro atoms. The largest absolute Gasteiger partial charge is 0.496 e. The van der Waals surface area contributed by atoms with E-state index in [2.05, 4.69) is 0 Å². The fourth-order valence-electron chi connectivity index (χ4n) is 1.92. The van der Waals surface area contributed by atoms with E-state index in [0.29, 0.717) is 5.56 Å². The lowest BCUT2D eigenvalue weighted by Crippen LogP contribution is -2.10. The molecular formula is C14H18F3NO2. The molecule has 0 aromatic heterocycles. The lowest BCUT2D eigenvalue weighted by atomic mass is 10.0. The average molecular weight is 289 g/mol. The van der Waals surface area contributed by atoms with Crippen LogP contribution in [0.4, 0.5) is 13.2 Å². The predicted molar refractivity (Wildman–Crippen MR) is 71.9 cm³/mol. The Labute approximate surface area is 116 Å². The van der Waals surface area contributed by atoms with Crippen molar-refractivity contribution in [1.29, 1.82) is 0 Å². The fraction of sp³-hybridized carbons (Fsp3) is 0.429. The van der Waals surface area contributed by atoms with E-state index in [4.69, 9.17) is 15.2 Å². The summed E-state index contributed by atoms with van der Waals surface area (Å²) in [5.41, 5.74) is 6.01. The Morgan fingerprint density at radius 3 is 2.20 bits per heavy atom. The maximum absolute atomic E-state index is 12.9. The van der Waals surface area contributed by atoms with Gasteiger partial charge in [-0.15, -0.1) is 0 Å². The van der Waals surface area contributed by atoms with Gasteiger partial charge in [-0.2, -0.15) is 13.2 Å². The number of nitrogens with two attached hydrogens (primary N) is 1. The monoisotopic (exact) mass is 289 g/mol. The molecule has 0 fully saturated rings. The molecule has 0 saturated heterocycles. The zero-order valence-corrected chi connectivity index (χ0v) is 11.7. The van der Waals surface area contributed by atoms with Crippen molar-refractivity contribution in [1.82, 2.24) is 0 Å². The van der Waals surface area contributed by atoms with Crippen molar-refractivity contribution < 1.29 is 22.6 Å².